The minimum absolute atomic E-state index is 0.0451. The molecule has 4 heteroatoms. The molecule has 0 aliphatic carbocycles. The van der Waals surface area contributed by atoms with Crippen molar-refractivity contribution in [3.05, 3.63) is 35.9 Å². The largest absolute Gasteiger partial charge is 0.374 e. The second kappa shape index (κ2) is 6.50. The van der Waals surface area contributed by atoms with Gasteiger partial charge in [0.25, 0.3) is 0 Å². The second-order valence-corrected chi connectivity index (χ2v) is 5.58. The molecule has 1 aliphatic rings. The Bertz CT molecular complexity index is 329. The van der Waals surface area contributed by atoms with Crippen molar-refractivity contribution in [3.8, 4) is 0 Å². The van der Waals surface area contributed by atoms with Crippen LogP contribution in [0.1, 0.15) is 12.5 Å². The highest BCUT2D eigenvalue weighted by Gasteiger charge is 2.29. The van der Waals surface area contributed by atoms with Crippen LogP contribution in [0.3, 0.4) is 0 Å². The van der Waals surface area contributed by atoms with E-state index in [0.717, 1.165) is 0 Å². The van der Waals surface area contributed by atoms with E-state index in [4.69, 9.17) is 14.2 Å². The summed E-state index contributed by atoms with van der Waals surface area (Å²) in [6, 6.07) is 10.1. The molecule has 1 aliphatic heterocycles. The molecule has 94 valence electrons. The van der Waals surface area contributed by atoms with Gasteiger partial charge in [0.1, 0.15) is 6.10 Å². The van der Waals surface area contributed by atoms with Gasteiger partial charge in [-0.15, -0.1) is 0 Å². The predicted octanol–water partition coefficient (Wildman–Crippen LogP) is 2.73. The fourth-order valence-electron chi connectivity index (χ4n) is 1.68. The summed E-state index contributed by atoms with van der Waals surface area (Å²) in [6.07, 6.45) is -0.107. The van der Waals surface area contributed by atoms with Gasteiger partial charge in [-0.1, -0.05) is 46.3 Å². The van der Waals surface area contributed by atoms with Crippen molar-refractivity contribution in [2.24, 2.45) is 0 Å². The van der Waals surface area contributed by atoms with E-state index in [9.17, 15) is 0 Å². The molecule has 1 aromatic rings. The average molecular weight is 301 g/mol. The third-order valence-electron chi connectivity index (χ3n) is 2.56. The van der Waals surface area contributed by atoms with E-state index in [1.165, 1.54) is 5.56 Å². The second-order valence-electron chi connectivity index (χ2n) is 4.14. The van der Waals surface area contributed by atoms with Crippen LogP contribution < -0.4 is 0 Å². The Hall–Kier alpha value is -0.420. The fraction of sp³-hybridized carbons (Fsp3) is 0.538. The summed E-state index contributed by atoms with van der Waals surface area (Å²) in [5.74, 6) is 0. The van der Waals surface area contributed by atoms with Gasteiger partial charge in [0.15, 0.2) is 6.29 Å². The summed E-state index contributed by atoms with van der Waals surface area (Å²) in [6.45, 7) is 3.81. The van der Waals surface area contributed by atoms with Crippen molar-refractivity contribution < 1.29 is 14.2 Å². The van der Waals surface area contributed by atoms with Crippen LogP contribution in [-0.2, 0) is 20.8 Å². The molecule has 0 aromatic heterocycles. The monoisotopic (exact) mass is 300 g/mol. The molecule has 1 fully saturated rings. The molecule has 0 amide bonds. The minimum atomic E-state index is -0.152. The number of alkyl halides is 1. The molecule has 0 radical (unpaired) electrons. The van der Waals surface area contributed by atoms with Gasteiger partial charge in [-0.05, 0) is 12.5 Å². The molecule has 2 rings (SSSR count). The number of benzene rings is 1. The molecular formula is C13H17BrO3. The first-order chi connectivity index (χ1) is 8.25. The summed E-state index contributed by atoms with van der Waals surface area (Å²) in [4.78, 5) is 0.210. The molecule has 0 spiro atoms. The molecule has 1 saturated heterocycles. The van der Waals surface area contributed by atoms with Gasteiger partial charge in [0.2, 0.25) is 0 Å². The maximum atomic E-state index is 5.67. The highest BCUT2D eigenvalue weighted by Crippen LogP contribution is 2.19. The van der Waals surface area contributed by atoms with Crippen LogP contribution in [0.5, 0.6) is 0 Å². The Balaban J connectivity index is 1.67. The summed E-state index contributed by atoms with van der Waals surface area (Å²) in [7, 11) is 0. The summed E-state index contributed by atoms with van der Waals surface area (Å²) >= 11 is 3.44. The molecule has 3 unspecified atom stereocenters. The summed E-state index contributed by atoms with van der Waals surface area (Å²) in [5.41, 5.74) is 1.18. The zero-order valence-electron chi connectivity index (χ0n) is 9.84. The van der Waals surface area contributed by atoms with Crippen LogP contribution in [0.4, 0.5) is 0 Å². The third-order valence-corrected chi connectivity index (χ3v) is 2.99. The van der Waals surface area contributed by atoms with Crippen molar-refractivity contribution in [3.63, 3.8) is 0 Å². The van der Waals surface area contributed by atoms with E-state index >= 15 is 0 Å². The van der Waals surface area contributed by atoms with Gasteiger partial charge >= 0.3 is 0 Å². The number of hydrogen-bond acceptors (Lipinski definition) is 3. The maximum Gasteiger partial charge on any atom is 0.170 e. The predicted molar refractivity (Wildman–Crippen MR) is 69.1 cm³/mol. The lowest BCUT2D eigenvalue weighted by molar-refractivity contribution is -0.0688. The van der Waals surface area contributed by atoms with Gasteiger partial charge in [0.05, 0.1) is 24.6 Å². The molecule has 0 bridgehead atoms. The zero-order valence-corrected chi connectivity index (χ0v) is 11.4. The number of rotatable bonds is 5. The number of halogens is 1. The molecule has 3 atom stereocenters. The SMILES string of the molecule is CC(Br)C1OCC(COCc2ccccc2)O1. The van der Waals surface area contributed by atoms with Crippen molar-refractivity contribution in [1.82, 2.24) is 0 Å². The molecule has 0 saturated carbocycles. The van der Waals surface area contributed by atoms with Crippen molar-refractivity contribution in [1.29, 1.82) is 0 Å². The number of ether oxygens (including phenoxy) is 3. The van der Waals surface area contributed by atoms with Crippen LogP contribution >= 0.6 is 15.9 Å². The van der Waals surface area contributed by atoms with Crippen molar-refractivity contribution >= 4 is 15.9 Å². The first kappa shape index (κ1) is 13.0. The topological polar surface area (TPSA) is 27.7 Å². The average Bonchev–Trinajstić information content (AvgIpc) is 2.79. The Morgan fingerprint density at radius 2 is 2.18 bits per heavy atom. The van der Waals surface area contributed by atoms with Crippen LogP contribution in [0, 0.1) is 0 Å². The third kappa shape index (κ3) is 4.07. The molecular weight excluding hydrogens is 284 g/mol. The Labute approximate surface area is 110 Å². The van der Waals surface area contributed by atoms with Crippen LogP contribution in [0.15, 0.2) is 30.3 Å². The molecule has 1 aromatic carbocycles. The first-order valence-corrected chi connectivity index (χ1v) is 6.70. The quantitative estimate of drug-likeness (QED) is 0.783. The fourth-order valence-corrected chi connectivity index (χ4v) is 1.96. The Morgan fingerprint density at radius 3 is 2.82 bits per heavy atom. The van der Waals surface area contributed by atoms with Crippen molar-refractivity contribution in [2.75, 3.05) is 13.2 Å². The van der Waals surface area contributed by atoms with E-state index in [0.29, 0.717) is 19.8 Å². The van der Waals surface area contributed by atoms with Gasteiger partial charge in [-0.2, -0.15) is 0 Å². The van der Waals surface area contributed by atoms with Crippen LogP contribution in [0.25, 0.3) is 0 Å². The summed E-state index contributed by atoms with van der Waals surface area (Å²) < 4.78 is 16.8. The lowest BCUT2D eigenvalue weighted by Gasteiger charge is -2.13. The minimum Gasteiger partial charge on any atom is -0.374 e. The van der Waals surface area contributed by atoms with E-state index in [1.807, 2.05) is 25.1 Å². The lowest BCUT2D eigenvalue weighted by atomic mass is 10.2. The molecule has 1 heterocycles. The zero-order chi connectivity index (χ0) is 12.1. The smallest absolute Gasteiger partial charge is 0.170 e. The van der Waals surface area contributed by atoms with E-state index in [-0.39, 0.29) is 17.2 Å². The van der Waals surface area contributed by atoms with E-state index < -0.39 is 0 Å². The Kier molecular flexibility index (Phi) is 4.98. The first-order valence-electron chi connectivity index (χ1n) is 5.78. The maximum absolute atomic E-state index is 5.67. The molecule has 0 N–H and O–H groups in total. The van der Waals surface area contributed by atoms with Crippen LogP contribution in [-0.4, -0.2) is 30.4 Å². The molecule has 17 heavy (non-hydrogen) atoms. The van der Waals surface area contributed by atoms with Gasteiger partial charge in [-0.3, -0.25) is 0 Å². The van der Waals surface area contributed by atoms with Gasteiger partial charge < -0.3 is 14.2 Å². The van der Waals surface area contributed by atoms with Gasteiger partial charge in [0, 0.05) is 0 Å². The highest BCUT2D eigenvalue weighted by molar-refractivity contribution is 9.09. The van der Waals surface area contributed by atoms with E-state index in [2.05, 4.69) is 28.1 Å². The van der Waals surface area contributed by atoms with Gasteiger partial charge in [-0.25, -0.2) is 0 Å². The standard InChI is InChI=1S/C13H17BrO3/c1-10(14)13-16-9-12(17-13)8-15-7-11-5-3-2-4-6-11/h2-6,10,12-13H,7-9H2,1H3. The van der Waals surface area contributed by atoms with Crippen molar-refractivity contribution in [2.45, 2.75) is 30.8 Å². The lowest BCUT2D eigenvalue weighted by Crippen LogP contribution is -2.22. The highest BCUT2D eigenvalue weighted by atomic mass is 79.9. The Morgan fingerprint density at radius 1 is 1.41 bits per heavy atom. The van der Waals surface area contributed by atoms with Crippen LogP contribution in [0.2, 0.25) is 0 Å². The normalized spacial score (nSPS) is 26.0. The molecule has 3 nitrogen and oxygen atoms in total. The number of hydrogen-bond donors (Lipinski definition) is 0. The summed E-state index contributed by atoms with van der Waals surface area (Å²) in [5, 5.41) is 0. The van der Waals surface area contributed by atoms with E-state index in [1.54, 1.807) is 0 Å².